The Bertz CT molecular complexity index is 759. The van der Waals surface area contributed by atoms with Crippen molar-refractivity contribution < 1.29 is 18.3 Å². The summed E-state index contributed by atoms with van der Waals surface area (Å²) in [5.41, 5.74) is -0.149. The highest BCUT2D eigenvalue weighted by Crippen LogP contribution is 2.26. The monoisotopic (exact) mass is 329 g/mol. The second kappa shape index (κ2) is 5.84. The zero-order chi connectivity index (χ0) is 15.6. The average Bonchev–Trinajstić information content (AvgIpc) is 2.91. The van der Waals surface area contributed by atoms with E-state index >= 15 is 0 Å². The number of hydrogen-bond donors (Lipinski definition) is 2. The van der Waals surface area contributed by atoms with Gasteiger partial charge in [0.25, 0.3) is 0 Å². The van der Waals surface area contributed by atoms with Gasteiger partial charge < -0.3 is 10.1 Å². The topological polar surface area (TPSA) is 103 Å². The number of carbonyl (C=O) groups is 1. The number of hydrogen-bond acceptors (Lipinski definition) is 4. The van der Waals surface area contributed by atoms with Crippen LogP contribution in [0.25, 0.3) is 0 Å². The molecule has 0 spiro atoms. The molecule has 0 aliphatic heterocycles. The molecule has 0 radical (unpaired) electrons. The molecule has 0 bridgehead atoms. The fourth-order valence-electron chi connectivity index (χ4n) is 1.68. The van der Waals surface area contributed by atoms with Crippen LogP contribution < -0.4 is 0 Å². The number of benzene rings is 1. The summed E-state index contributed by atoms with van der Waals surface area (Å²) in [7, 11) is -2.56. The smallest absolute Gasteiger partial charge is 0.335 e. The van der Waals surface area contributed by atoms with Gasteiger partial charge >= 0.3 is 5.97 Å². The van der Waals surface area contributed by atoms with Crippen LogP contribution in [0.15, 0.2) is 35.5 Å². The number of rotatable bonds is 5. The van der Waals surface area contributed by atoms with Crippen LogP contribution >= 0.6 is 11.6 Å². The SMILES string of the molecule is CN(Cc1ncc[nH]1)S(=O)(=O)c1cc(C(=O)O)ccc1Cl. The Hall–Kier alpha value is -1.90. The standard InChI is InChI=1S/C12H12ClN3O4S/c1-16(7-11-14-4-5-15-11)21(19,20)10-6-8(12(17)18)2-3-9(10)13/h2-6H,7H2,1H3,(H,14,15)(H,17,18). The van der Waals surface area contributed by atoms with E-state index in [9.17, 15) is 13.2 Å². The van der Waals surface area contributed by atoms with E-state index < -0.39 is 16.0 Å². The molecular weight excluding hydrogens is 318 g/mol. The van der Waals surface area contributed by atoms with Gasteiger partial charge in [-0.05, 0) is 18.2 Å². The predicted molar refractivity (Wildman–Crippen MR) is 75.7 cm³/mol. The summed E-state index contributed by atoms with van der Waals surface area (Å²) in [6, 6.07) is 3.54. The van der Waals surface area contributed by atoms with E-state index in [2.05, 4.69) is 9.97 Å². The summed E-state index contributed by atoms with van der Waals surface area (Å²) >= 11 is 5.89. The van der Waals surface area contributed by atoms with Crippen molar-refractivity contribution in [2.75, 3.05) is 7.05 Å². The first-order valence-electron chi connectivity index (χ1n) is 5.80. The third kappa shape index (κ3) is 3.23. The molecule has 1 aromatic carbocycles. The molecule has 0 unspecified atom stereocenters. The number of imidazole rings is 1. The minimum Gasteiger partial charge on any atom is -0.478 e. The van der Waals surface area contributed by atoms with Gasteiger partial charge in [-0.3, -0.25) is 0 Å². The third-order valence-corrected chi connectivity index (χ3v) is 5.08. The number of nitrogens with one attached hydrogen (secondary N) is 1. The Morgan fingerprint density at radius 3 is 2.76 bits per heavy atom. The lowest BCUT2D eigenvalue weighted by Gasteiger charge is -2.17. The maximum absolute atomic E-state index is 12.5. The van der Waals surface area contributed by atoms with E-state index in [4.69, 9.17) is 16.7 Å². The molecule has 112 valence electrons. The Morgan fingerprint density at radius 2 is 2.19 bits per heavy atom. The highest BCUT2D eigenvalue weighted by molar-refractivity contribution is 7.89. The maximum Gasteiger partial charge on any atom is 0.335 e. The molecule has 7 nitrogen and oxygen atoms in total. The van der Waals surface area contributed by atoms with E-state index in [1.165, 1.54) is 25.4 Å². The second-order valence-electron chi connectivity index (χ2n) is 4.25. The molecule has 2 aromatic rings. The van der Waals surface area contributed by atoms with Crippen molar-refractivity contribution in [3.8, 4) is 0 Å². The highest BCUT2D eigenvalue weighted by Gasteiger charge is 2.25. The van der Waals surface area contributed by atoms with Gasteiger partial charge in [-0.15, -0.1) is 0 Å². The van der Waals surface area contributed by atoms with E-state index in [1.807, 2.05) is 0 Å². The van der Waals surface area contributed by atoms with E-state index in [1.54, 1.807) is 6.20 Å². The Morgan fingerprint density at radius 1 is 1.48 bits per heavy atom. The van der Waals surface area contributed by atoms with Gasteiger partial charge in [0.2, 0.25) is 10.0 Å². The molecule has 21 heavy (non-hydrogen) atoms. The molecular formula is C12H12ClN3O4S. The number of aromatic amines is 1. The first-order chi connectivity index (χ1) is 9.82. The second-order valence-corrected chi connectivity index (χ2v) is 6.67. The molecule has 0 atom stereocenters. The number of halogens is 1. The number of aromatic nitrogens is 2. The van der Waals surface area contributed by atoms with Gasteiger partial charge in [0.15, 0.2) is 0 Å². The van der Waals surface area contributed by atoms with Crippen LogP contribution in [0.3, 0.4) is 0 Å². The summed E-state index contributed by atoms with van der Waals surface area (Å²) in [6.45, 7) is 0.0168. The molecule has 1 heterocycles. The van der Waals surface area contributed by atoms with Crippen molar-refractivity contribution in [2.24, 2.45) is 0 Å². The van der Waals surface area contributed by atoms with Crippen molar-refractivity contribution in [3.05, 3.63) is 47.0 Å². The normalized spacial score (nSPS) is 11.8. The molecule has 2 rings (SSSR count). The first-order valence-corrected chi connectivity index (χ1v) is 7.61. The third-order valence-electron chi connectivity index (χ3n) is 2.79. The number of aromatic carboxylic acids is 1. The maximum atomic E-state index is 12.5. The Labute approximate surface area is 126 Å². The molecule has 0 saturated carbocycles. The lowest BCUT2D eigenvalue weighted by molar-refractivity contribution is 0.0696. The summed E-state index contributed by atoms with van der Waals surface area (Å²) in [4.78, 5) is 17.4. The van der Waals surface area contributed by atoms with Gasteiger partial charge in [0, 0.05) is 19.4 Å². The Balaban J connectivity index is 2.38. The summed E-state index contributed by atoms with van der Waals surface area (Å²) < 4.78 is 26.0. The summed E-state index contributed by atoms with van der Waals surface area (Å²) in [5, 5.41) is 8.91. The molecule has 0 saturated heterocycles. The lowest BCUT2D eigenvalue weighted by Crippen LogP contribution is -2.27. The predicted octanol–water partition coefficient (Wildman–Crippen LogP) is 1.58. The van der Waals surface area contributed by atoms with Crippen LogP contribution in [0.4, 0.5) is 0 Å². The summed E-state index contributed by atoms with van der Waals surface area (Å²) in [6.07, 6.45) is 3.08. The zero-order valence-corrected chi connectivity index (χ0v) is 12.5. The van der Waals surface area contributed by atoms with E-state index in [0.717, 1.165) is 10.4 Å². The summed E-state index contributed by atoms with van der Waals surface area (Å²) in [5.74, 6) is -0.761. The molecule has 1 aromatic heterocycles. The molecule has 0 amide bonds. The molecule has 2 N–H and O–H groups in total. The van der Waals surface area contributed by atoms with Crippen LogP contribution in [-0.2, 0) is 16.6 Å². The fourth-order valence-corrected chi connectivity index (χ4v) is 3.31. The van der Waals surface area contributed by atoms with Crippen LogP contribution in [0.1, 0.15) is 16.2 Å². The van der Waals surface area contributed by atoms with Gasteiger partial charge in [0.1, 0.15) is 10.7 Å². The van der Waals surface area contributed by atoms with Crippen LogP contribution in [0, 0.1) is 0 Å². The van der Waals surface area contributed by atoms with Crippen molar-refractivity contribution in [1.82, 2.24) is 14.3 Å². The average molecular weight is 330 g/mol. The van der Waals surface area contributed by atoms with Crippen molar-refractivity contribution >= 4 is 27.6 Å². The van der Waals surface area contributed by atoms with Gasteiger partial charge in [-0.25, -0.2) is 18.2 Å². The highest BCUT2D eigenvalue weighted by atomic mass is 35.5. The van der Waals surface area contributed by atoms with Crippen LogP contribution in [0.5, 0.6) is 0 Å². The van der Waals surface area contributed by atoms with Crippen molar-refractivity contribution in [1.29, 1.82) is 0 Å². The largest absolute Gasteiger partial charge is 0.478 e. The molecule has 0 aliphatic carbocycles. The quantitative estimate of drug-likeness (QED) is 0.866. The lowest BCUT2D eigenvalue weighted by atomic mass is 10.2. The van der Waals surface area contributed by atoms with Crippen molar-refractivity contribution in [3.63, 3.8) is 0 Å². The number of nitrogens with zero attached hydrogens (tertiary/aromatic N) is 2. The first kappa shape index (κ1) is 15.5. The van der Waals surface area contributed by atoms with Crippen molar-refractivity contribution in [2.45, 2.75) is 11.4 Å². The number of carboxylic acid groups (broad SMARTS) is 1. The van der Waals surface area contributed by atoms with Gasteiger partial charge in [-0.1, -0.05) is 11.6 Å². The number of H-pyrrole nitrogens is 1. The van der Waals surface area contributed by atoms with Gasteiger partial charge in [0.05, 0.1) is 17.1 Å². The van der Waals surface area contributed by atoms with Crippen LogP contribution in [0.2, 0.25) is 5.02 Å². The van der Waals surface area contributed by atoms with E-state index in [0.29, 0.717) is 5.82 Å². The minimum absolute atomic E-state index is 0.0168. The Kier molecular flexibility index (Phi) is 4.31. The minimum atomic E-state index is -3.92. The zero-order valence-electron chi connectivity index (χ0n) is 10.9. The van der Waals surface area contributed by atoms with Gasteiger partial charge in [-0.2, -0.15) is 4.31 Å². The molecule has 0 aliphatic rings. The molecule has 0 fully saturated rings. The van der Waals surface area contributed by atoms with E-state index in [-0.39, 0.29) is 22.0 Å². The van der Waals surface area contributed by atoms with Crippen LogP contribution in [-0.4, -0.2) is 40.8 Å². The number of carboxylic acids is 1. The fraction of sp³-hybridized carbons (Fsp3) is 0.167. The molecule has 9 heteroatoms. The number of sulfonamides is 1.